The molecule has 0 bridgehead atoms. The molecule has 3 N–H and O–H groups in total. The highest BCUT2D eigenvalue weighted by molar-refractivity contribution is 7.93. The maximum atomic E-state index is 11.4. The molecule has 1 aliphatic carbocycles. The lowest BCUT2D eigenvalue weighted by Crippen LogP contribution is -2.15. The summed E-state index contributed by atoms with van der Waals surface area (Å²) < 4.78 is 28.2. The van der Waals surface area contributed by atoms with Crippen molar-refractivity contribution >= 4 is 10.0 Å². The summed E-state index contributed by atoms with van der Waals surface area (Å²) in [7, 11) is -3.71. The van der Waals surface area contributed by atoms with Crippen LogP contribution in [0, 0.1) is 0 Å². The Morgan fingerprint density at radius 3 is 2.61 bits per heavy atom. The van der Waals surface area contributed by atoms with Crippen molar-refractivity contribution in [2.75, 3.05) is 0 Å². The Bertz CT molecular complexity index is 867. The average molecular weight is 332 g/mol. The number of aliphatic hydroxyl groups is 1. The van der Waals surface area contributed by atoms with E-state index >= 15 is 0 Å². The van der Waals surface area contributed by atoms with E-state index in [9.17, 15) is 13.5 Å². The zero-order valence-electron chi connectivity index (χ0n) is 12.2. The molecule has 0 fully saturated rings. The number of hydrogen-bond acceptors (Lipinski definition) is 5. The first kappa shape index (κ1) is 15.7. The van der Waals surface area contributed by atoms with E-state index in [4.69, 9.17) is 9.66 Å². The second kappa shape index (κ2) is 6.11. The van der Waals surface area contributed by atoms with E-state index in [1.165, 1.54) is 6.08 Å². The van der Waals surface area contributed by atoms with Crippen LogP contribution in [0.5, 0.6) is 0 Å². The van der Waals surface area contributed by atoms with Gasteiger partial charge in [0.05, 0.1) is 11.5 Å². The summed E-state index contributed by atoms with van der Waals surface area (Å²) in [5.41, 5.74) is 2.06. The summed E-state index contributed by atoms with van der Waals surface area (Å²) >= 11 is 0. The zero-order valence-corrected chi connectivity index (χ0v) is 13.0. The number of aromatic nitrogens is 1. The molecule has 1 unspecified atom stereocenters. The average Bonchev–Trinajstić information content (AvgIpc) is 2.99. The Morgan fingerprint density at radius 2 is 2.04 bits per heavy atom. The van der Waals surface area contributed by atoms with Gasteiger partial charge in [-0.05, 0) is 12.5 Å². The minimum atomic E-state index is -3.71. The Balaban J connectivity index is 2.00. The van der Waals surface area contributed by atoms with Gasteiger partial charge in [-0.1, -0.05) is 47.6 Å². The first-order chi connectivity index (χ1) is 11.0. The maximum Gasteiger partial charge on any atom is 0.237 e. The van der Waals surface area contributed by atoms with Crippen molar-refractivity contribution in [2.24, 2.45) is 5.14 Å². The molecule has 1 atom stereocenters. The molecule has 6 nitrogen and oxygen atoms in total. The monoisotopic (exact) mass is 332 g/mol. The van der Waals surface area contributed by atoms with Crippen molar-refractivity contribution < 1.29 is 18.0 Å². The quantitative estimate of drug-likeness (QED) is 0.891. The summed E-state index contributed by atoms with van der Waals surface area (Å²) in [6, 6.07) is 9.45. The fourth-order valence-electron chi connectivity index (χ4n) is 2.65. The highest BCUT2D eigenvalue weighted by Crippen LogP contribution is 2.37. The number of aliphatic hydroxyl groups excluding tert-OH is 1. The van der Waals surface area contributed by atoms with Gasteiger partial charge in [-0.15, -0.1) is 0 Å². The Kier molecular flexibility index (Phi) is 4.16. The van der Waals surface area contributed by atoms with E-state index in [0.29, 0.717) is 17.9 Å². The summed E-state index contributed by atoms with van der Waals surface area (Å²) in [5, 5.41) is 18.6. The molecular formula is C16H16N2O4S. The molecule has 3 rings (SSSR count). The van der Waals surface area contributed by atoms with Crippen molar-refractivity contribution in [1.82, 2.24) is 5.16 Å². The normalized spacial score (nSPS) is 18.0. The van der Waals surface area contributed by atoms with Crippen LogP contribution in [0.2, 0.25) is 0 Å². The molecular weight excluding hydrogens is 316 g/mol. The largest absolute Gasteiger partial charge is 0.390 e. The SMILES string of the molecule is NS(=O)(=O)C1=CCC(c2c(CO)noc2-c2ccccc2)C=C1. The second-order valence-electron chi connectivity index (χ2n) is 5.25. The third-order valence-corrected chi connectivity index (χ3v) is 4.71. The molecule has 7 heteroatoms. The van der Waals surface area contributed by atoms with Crippen molar-refractivity contribution in [3.8, 4) is 11.3 Å². The van der Waals surface area contributed by atoms with Gasteiger partial charge in [0.15, 0.2) is 5.76 Å². The lowest BCUT2D eigenvalue weighted by molar-refractivity contribution is 0.266. The summed E-state index contributed by atoms with van der Waals surface area (Å²) in [6.07, 6.45) is 5.24. The van der Waals surface area contributed by atoms with Crippen molar-refractivity contribution in [1.29, 1.82) is 0 Å². The molecule has 120 valence electrons. The topological polar surface area (TPSA) is 106 Å². The fraction of sp³-hybridized carbons (Fsp3) is 0.188. The van der Waals surface area contributed by atoms with E-state index in [-0.39, 0.29) is 17.4 Å². The van der Waals surface area contributed by atoms with Gasteiger partial charge in [0, 0.05) is 17.0 Å². The molecule has 1 aliphatic rings. The molecule has 0 aliphatic heterocycles. The van der Waals surface area contributed by atoms with Crippen molar-refractivity contribution in [2.45, 2.75) is 18.9 Å². The van der Waals surface area contributed by atoms with Crippen LogP contribution in [0.3, 0.4) is 0 Å². The first-order valence-electron chi connectivity index (χ1n) is 7.06. The standard InChI is InChI=1S/C16H16N2O4S/c17-23(20,21)13-8-6-11(7-9-13)15-14(10-19)18-22-16(15)12-4-2-1-3-5-12/h1-6,8-9,11,19H,7,10H2,(H2,17,20,21). The molecule has 2 aromatic rings. The van der Waals surface area contributed by atoms with E-state index in [1.54, 1.807) is 12.2 Å². The molecule has 1 aromatic carbocycles. The van der Waals surface area contributed by atoms with Crippen LogP contribution in [0.1, 0.15) is 23.6 Å². The highest BCUT2D eigenvalue weighted by atomic mass is 32.2. The molecule has 0 saturated carbocycles. The molecule has 1 heterocycles. The number of sulfonamides is 1. The van der Waals surface area contributed by atoms with E-state index in [1.807, 2.05) is 30.3 Å². The van der Waals surface area contributed by atoms with Gasteiger partial charge in [0.25, 0.3) is 0 Å². The molecule has 0 saturated heterocycles. The zero-order chi connectivity index (χ0) is 16.4. The molecule has 0 spiro atoms. The third kappa shape index (κ3) is 3.12. The second-order valence-corrected chi connectivity index (χ2v) is 6.81. The molecule has 0 amide bonds. The van der Waals surface area contributed by atoms with Gasteiger partial charge < -0.3 is 9.63 Å². The number of nitrogens with zero attached hydrogens (tertiary/aromatic N) is 1. The lowest BCUT2D eigenvalue weighted by Gasteiger charge is -2.16. The van der Waals surface area contributed by atoms with Crippen molar-refractivity contribution in [3.05, 3.63) is 64.7 Å². The predicted octanol–water partition coefficient (Wildman–Crippen LogP) is 2.05. The number of benzene rings is 1. The number of hydrogen-bond donors (Lipinski definition) is 2. The van der Waals surface area contributed by atoms with Crippen molar-refractivity contribution in [3.63, 3.8) is 0 Å². The van der Waals surface area contributed by atoms with Gasteiger partial charge in [-0.3, -0.25) is 0 Å². The molecule has 1 aromatic heterocycles. The van der Waals surface area contributed by atoms with E-state index in [2.05, 4.69) is 5.16 Å². The van der Waals surface area contributed by atoms with Crippen LogP contribution < -0.4 is 5.14 Å². The predicted molar refractivity (Wildman–Crippen MR) is 85.6 cm³/mol. The number of nitrogens with two attached hydrogens (primary N) is 1. The summed E-state index contributed by atoms with van der Waals surface area (Å²) in [5.74, 6) is 0.445. The Hall–Kier alpha value is -2.22. The third-order valence-electron chi connectivity index (χ3n) is 3.75. The first-order valence-corrected chi connectivity index (χ1v) is 8.61. The smallest absolute Gasteiger partial charge is 0.237 e. The number of allylic oxidation sites excluding steroid dienone is 3. The van der Waals surface area contributed by atoms with Gasteiger partial charge in [0.1, 0.15) is 5.69 Å². The maximum absolute atomic E-state index is 11.4. The van der Waals surface area contributed by atoms with E-state index in [0.717, 1.165) is 11.1 Å². The van der Waals surface area contributed by atoms with Crippen LogP contribution in [-0.2, 0) is 16.6 Å². The van der Waals surface area contributed by atoms with Gasteiger partial charge in [-0.25, -0.2) is 13.6 Å². The summed E-state index contributed by atoms with van der Waals surface area (Å²) in [6.45, 7) is -0.248. The lowest BCUT2D eigenvalue weighted by atomic mass is 9.89. The van der Waals surface area contributed by atoms with Crippen LogP contribution in [0.4, 0.5) is 0 Å². The molecule has 23 heavy (non-hydrogen) atoms. The van der Waals surface area contributed by atoms with E-state index < -0.39 is 10.0 Å². The van der Waals surface area contributed by atoms with Crippen LogP contribution in [0.15, 0.2) is 58.0 Å². The van der Waals surface area contributed by atoms with Crippen LogP contribution in [-0.4, -0.2) is 18.7 Å². The fourth-order valence-corrected chi connectivity index (χ4v) is 3.25. The number of rotatable bonds is 4. The van der Waals surface area contributed by atoms with Gasteiger partial charge in [-0.2, -0.15) is 0 Å². The van der Waals surface area contributed by atoms with Crippen LogP contribution in [0.25, 0.3) is 11.3 Å². The minimum Gasteiger partial charge on any atom is -0.390 e. The molecule has 0 radical (unpaired) electrons. The van der Waals surface area contributed by atoms with Gasteiger partial charge in [0.2, 0.25) is 10.0 Å². The highest BCUT2D eigenvalue weighted by Gasteiger charge is 2.25. The minimum absolute atomic E-state index is 0.0945. The van der Waals surface area contributed by atoms with Crippen LogP contribution >= 0.6 is 0 Å². The number of primary sulfonamides is 1. The van der Waals surface area contributed by atoms with Gasteiger partial charge >= 0.3 is 0 Å². The Morgan fingerprint density at radius 1 is 1.30 bits per heavy atom. The summed E-state index contributed by atoms with van der Waals surface area (Å²) in [4.78, 5) is 0.0945. The Labute approximate surface area is 134 Å².